The number of amides is 1. The molecule has 0 aliphatic carbocycles. The van der Waals surface area contributed by atoms with Gasteiger partial charge in [-0.15, -0.1) is 0 Å². The second kappa shape index (κ2) is 8.15. The van der Waals surface area contributed by atoms with Gasteiger partial charge in [0.15, 0.2) is 9.84 Å². The molecule has 0 aliphatic heterocycles. The summed E-state index contributed by atoms with van der Waals surface area (Å²) in [5.41, 5.74) is 0.0251. The predicted octanol–water partition coefficient (Wildman–Crippen LogP) is 3.06. The third kappa shape index (κ3) is 4.93. The van der Waals surface area contributed by atoms with Gasteiger partial charge in [-0.25, -0.2) is 8.42 Å². The SMILES string of the molecule is COc1cc([N+](=O)[O-])ccc1NC(=O)CCS(=O)(=O)c1ccc(Cl)cc1. The Balaban J connectivity index is 2.05. The van der Waals surface area contributed by atoms with Crippen LogP contribution in [0.15, 0.2) is 47.4 Å². The molecule has 0 aliphatic rings. The number of carbonyl (C=O) groups excluding carboxylic acids is 1. The van der Waals surface area contributed by atoms with Crippen LogP contribution in [0.2, 0.25) is 5.02 Å². The van der Waals surface area contributed by atoms with Crippen molar-refractivity contribution in [1.82, 2.24) is 0 Å². The first kappa shape index (κ1) is 19.7. The van der Waals surface area contributed by atoms with Crippen LogP contribution in [-0.2, 0) is 14.6 Å². The minimum atomic E-state index is -3.64. The Hall–Kier alpha value is -2.65. The number of ether oxygens (including phenoxy) is 1. The highest BCUT2D eigenvalue weighted by Crippen LogP contribution is 2.29. The Bertz CT molecular complexity index is 928. The highest BCUT2D eigenvalue weighted by Gasteiger charge is 2.18. The second-order valence-electron chi connectivity index (χ2n) is 5.21. The van der Waals surface area contributed by atoms with E-state index in [9.17, 15) is 23.3 Å². The van der Waals surface area contributed by atoms with Crippen LogP contribution in [0.1, 0.15) is 6.42 Å². The molecule has 0 saturated carbocycles. The summed E-state index contributed by atoms with van der Waals surface area (Å²) in [5, 5.41) is 13.7. The Labute approximate surface area is 154 Å². The van der Waals surface area contributed by atoms with Gasteiger partial charge in [-0.3, -0.25) is 14.9 Å². The lowest BCUT2D eigenvalue weighted by Gasteiger charge is -2.10. The van der Waals surface area contributed by atoms with Crippen molar-refractivity contribution in [3.8, 4) is 5.75 Å². The quantitative estimate of drug-likeness (QED) is 0.566. The highest BCUT2D eigenvalue weighted by molar-refractivity contribution is 7.91. The van der Waals surface area contributed by atoms with Gasteiger partial charge in [0.1, 0.15) is 5.75 Å². The van der Waals surface area contributed by atoms with Gasteiger partial charge in [0.25, 0.3) is 5.69 Å². The van der Waals surface area contributed by atoms with Gasteiger partial charge in [0.2, 0.25) is 5.91 Å². The van der Waals surface area contributed by atoms with E-state index in [-0.39, 0.29) is 28.4 Å². The van der Waals surface area contributed by atoms with Crippen LogP contribution in [0.25, 0.3) is 0 Å². The molecule has 0 spiro atoms. The van der Waals surface area contributed by atoms with E-state index in [0.29, 0.717) is 5.02 Å². The van der Waals surface area contributed by atoms with E-state index in [1.807, 2.05) is 0 Å². The number of anilines is 1. The number of methoxy groups -OCH3 is 1. The summed E-state index contributed by atoms with van der Waals surface area (Å²) < 4.78 is 29.5. The minimum absolute atomic E-state index is 0.0719. The zero-order valence-corrected chi connectivity index (χ0v) is 15.2. The van der Waals surface area contributed by atoms with Gasteiger partial charge in [-0.1, -0.05) is 11.6 Å². The summed E-state index contributed by atoms with van der Waals surface area (Å²) in [6.07, 6.45) is -0.287. The molecule has 0 fully saturated rings. The zero-order valence-electron chi connectivity index (χ0n) is 13.6. The number of non-ortho nitro benzene ring substituents is 1. The fourth-order valence-electron chi connectivity index (χ4n) is 2.10. The molecule has 1 N–H and O–H groups in total. The summed E-state index contributed by atoms with van der Waals surface area (Å²) in [5.74, 6) is -0.849. The van der Waals surface area contributed by atoms with E-state index in [1.54, 1.807) is 0 Å². The summed E-state index contributed by atoms with van der Waals surface area (Å²) in [7, 11) is -2.33. The number of benzene rings is 2. The number of nitrogens with one attached hydrogen (secondary N) is 1. The van der Waals surface area contributed by atoms with Crippen LogP contribution >= 0.6 is 11.6 Å². The van der Waals surface area contributed by atoms with E-state index >= 15 is 0 Å². The predicted molar refractivity (Wildman–Crippen MR) is 96.4 cm³/mol. The van der Waals surface area contributed by atoms with Crippen molar-refractivity contribution in [2.24, 2.45) is 0 Å². The van der Waals surface area contributed by atoms with Crippen LogP contribution in [0.4, 0.5) is 11.4 Å². The van der Waals surface area contributed by atoms with Gasteiger partial charge >= 0.3 is 0 Å². The van der Waals surface area contributed by atoms with Crippen molar-refractivity contribution in [3.05, 3.63) is 57.6 Å². The summed E-state index contributed by atoms with van der Waals surface area (Å²) in [6.45, 7) is 0. The highest BCUT2D eigenvalue weighted by atomic mass is 35.5. The molecule has 0 atom stereocenters. The maximum absolute atomic E-state index is 12.2. The summed E-state index contributed by atoms with van der Waals surface area (Å²) in [6, 6.07) is 9.35. The molecule has 1 amide bonds. The number of nitro benzene ring substituents is 1. The van der Waals surface area contributed by atoms with E-state index in [2.05, 4.69) is 5.32 Å². The van der Waals surface area contributed by atoms with E-state index in [4.69, 9.17) is 16.3 Å². The standard InChI is InChI=1S/C16H15ClN2O6S/c1-25-15-10-12(19(21)22)4-7-14(15)18-16(20)8-9-26(23,24)13-5-2-11(17)3-6-13/h2-7,10H,8-9H2,1H3,(H,18,20). The Morgan fingerprint density at radius 1 is 1.23 bits per heavy atom. The molecule has 26 heavy (non-hydrogen) atoms. The van der Waals surface area contributed by atoms with Crippen molar-refractivity contribution in [1.29, 1.82) is 0 Å². The molecule has 2 aromatic carbocycles. The van der Waals surface area contributed by atoms with Crippen molar-refractivity contribution < 1.29 is 22.9 Å². The smallest absolute Gasteiger partial charge is 0.273 e. The van der Waals surface area contributed by atoms with Gasteiger partial charge in [0.05, 0.1) is 34.4 Å². The average molecular weight is 399 g/mol. The third-order valence-corrected chi connectivity index (χ3v) is 5.42. The molecular weight excluding hydrogens is 384 g/mol. The summed E-state index contributed by atoms with van der Waals surface area (Å²) >= 11 is 5.73. The second-order valence-corrected chi connectivity index (χ2v) is 7.76. The van der Waals surface area contributed by atoms with Gasteiger partial charge in [0, 0.05) is 17.5 Å². The van der Waals surface area contributed by atoms with Crippen LogP contribution < -0.4 is 10.1 Å². The molecule has 0 heterocycles. The molecule has 138 valence electrons. The first-order valence-electron chi connectivity index (χ1n) is 7.33. The maximum Gasteiger partial charge on any atom is 0.273 e. The van der Waals surface area contributed by atoms with Crippen LogP contribution in [0.3, 0.4) is 0 Å². The van der Waals surface area contributed by atoms with E-state index in [1.165, 1.54) is 49.6 Å². The number of hydrogen-bond acceptors (Lipinski definition) is 6. The summed E-state index contributed by atoms with van der Waals surface area (Å²) in [4.78, 5) is 22.3. The lowest BCUT2D eigenvalue weighted by molar-refractivity contribution is -0.384. The van der Waals surface area contributed by atoms with Crippen molar-refractivity contribution >= 4 is 38.7 Å². The van der Waals surface area contributed by atoms with E-state index < -0.39 is 26.4 Å². The lowest BCUT2D eigenvalue weighted by atomic mass is 10.2. The molecule has 2 aromatic rings. The van der Waals surface area contributed by atoms with Crippen LogP contribution in [-0.4, -0.2) is 32.1 Å². The largest absolute Gasteiger partial charge is 0.494 e. The molecule has 10 heteroatoms. The van der Waals surface area contributed by atoms with E-state index in [0.717, 1.165) is 0 Å². The average Bonchev–Trinajstić information content (AvgIpc) is 2.60. The molecule has 0 bridgehead atoms. The van der Waals surface area contributed by atoms with Crippen LogP contribution in [0.5, 0.6) is 5.75 Å². The maximum atomic E-state index is 12.2. The van der Waals surface area contributed by atoms with Gasteiger partial charge in [-0.2, -0.15) is 0 Å². The Morgan fingerprint density at radius 3 is 2.46 bits per heavy atom. The number of nitro groups is 1. The molecule has 0 unspecified atom stereocenters. The fraction of sp³-hybridized carbons (Fsp3) is 0.188. The number of nitrogens with zero attached hydrogens (tertiary/aromatic N) is 1. The first-order chi connectivity index (χ1) is 12.2. The fourth-order valence-corrected chi connectivity index (χ4v) is 3.46. The molecule has 8 nitrogen and oxygen atoms in total. The minimum Gasteiger partial charge on any atom is -0.494 e. The van der Waals surface area contributed by atoms with Crippen molar-refractivity contribution in [3.63, 3.8) is 0 Å². The molecule has 0 saturated heterocycles. The zero-order chi connectivity index (χ0) is 19.3. The third-order valence-electron chi connectivity index (χ3n) is 3.44. The van der Waals surface area contributed by atoms with Crippen molar-refractivity contribution in [2.75, 3.05) is 18.2 Å². The first-order valence-corrected chi connectivity index (χ1v) is 9.36. The Morgan fingerprint density at radius 2 is 1.88 bits per heavy atom. The number of hydrogen-bond donors (Lipinski definition) is 1. The van der Waals surface area contributed by atoms with Crippen LogP contribution in [0, 0.1) is 10.1 Å². The molecule has 2 rings (SSSR count). The van der Waals surface area contributed by atoms with Gasteiger partial charge in [-0.05, 0) is 30.3 Å². The normalized spacial score (nSPS) is 11.0. The number of halogens is 1. The molecule has 0 aromatic heterocycles. The topological polar surface area (TPSA) is 116 Å². The molecular formula is C16H15ClN2O6S. The molecule has 0 radical (unpaired) electrons. The number of sulfone groups is 1. The Kier molecular flexibility index (Phi) is 6.17. The van der Waals surface area contributed by atoms with Gasteiger partial charge < -0.3 is 10.1 Å². The number of carbonyl (C=O) groups is 1. The number of rotatable bonds is 7. The van der Waals surface area contributed by atoms with Crippen molar-refractivity contribution in [2.45, 2.75) is 11.3 Å². The lowest BCUT2D eigenvalue weighted by Crippen LogP contribution is -2.17. The monoisotopic (exact) mass is 398 g/mol.